The van der Waals surface area contributed by atoms with Crippen molar-refractivity contribution in [3.05, 3.63) is 76.7 Å². The number of nitrogens with zero attached hydrogens (tertiary/aromatic N) is 1. The summed E-state index contributed by atoms with van der Waals surface area (Å²) in [7, 11) is 1.68. The lowest BCUT2D eigenvalue weighted by atomic mass is 10.1. The molecule has 0 bridgehead atoms. The van der Waals surface area contributed by atoms with Crippen molar-refractivity contribution in [1.29, 1.82) is 0 Å². The Labute approximate surface area is 143 Å². The second kappa shape index (κ2) is 6.53. The lowest BCUT2D eigenvalue weighted by molar-refractivity contribution is 0.0993. The van der Waals surface area contributed by atoms with E-state index in [2.05, 4.69) is 0 Å². The Morgan fingerprint density at radius 2 is 1.75 bits per heavy atom. The molecule has 1 heterocycles. The van der Waals surface area contributed by atoms with Gasteiger partial charge in [0.1, 0.15) is 11.6 Å². The summed E-state index contributed by atoms with van der Waals surface area (Å²) in [4.78, 5) is 14.7. The third kappa shape index (κ3) is 3.21. The fourth-order valence-corrected chi connectivity index (χ4v) is 3.29. The molecule has 5 heteroatoms. The van der Waals surface area contributed by atoms with Crippen LogP contribution in [0.15, 0.2) is 53.9 Å². The van der Waals surface area contributed by atoms with E-state index in [1.54, 1.807) is 30.6 Å². The summed E-state index contributed by atoms with van der Waals surface area (Å²) in [6.07, 6.45) is 0. The average Bonchev–Trinajstić information content (AvgIpc) is 3.04. The van der Waals surface area contributed by atoms with Gasteiger partial charge in [-0.1, -0.05) is 17.7 Å². The molecule has 122 valence electrons. The predicted molar refractivity (Wildman–Crippen MR) is 93.6 cm³/mol. The van der Waals surface area contributed by atoms with Crippen LogP contribution in [0.2, 0.25) is 0 Å². The Bertz CT molecular complexity index is 887. The van der Waals surface area contributed by atoms with E-state index in [1.165, 1.54) is 28.4 Å². The summed E-state index contributed by atoms with van der Waals surface area (Å²) < 4.78 is 26.9. The fraction of sp³-hybridized carbons (Fsp3) is 0.105. The molecular formula is C19H15F2NOS. The zero-order valence-electron chi connectivity index (χ0n) is 13.2. The highest BCUT2D eigenvalue weighted by atomic mass is 32.1. The second-order valence-corrected chi connectivity index (χ2v) is 6.43. The van der Waals surface area contributed by atoms with Gasteiger partial charge >= 0.3 is 0 Å². The minimum absolute atomic E-state index is 0.140. The van der Waals surface area contributed by atoms with Crippen molar-refractivity contribution in [2.45, 2.75) is 6.92 Å². The zero-order chi connectivity index (χ0) is 17.3. The Kier molecular flexibility index (Phi) is 4.44. The van der Waals surface area contributed by atoms with Crippen molar-refractivity contribution < 1.29 is 13.6 Å². The number of hydrogen-bond acceptors (Lipinski definition) is 2. The van der Waals surface area contributed by atoms with E-state index in [1.807, 2.05) is 19.1 Å². The van der Waals surface area contributed by atoms with Gasteiger partial charge in [-0.05, 0) is 37.3 Å². The van der Waals surface area contributed by atoms with Gasteiger partial charge < -0.3 is 4.90 Å². The number of amides is 1. The van der Waals surface area contributed by atoms with Gasteiger partial charge in [-0.15, -0.1) is 11.3 Å². The summed E-state index contributed by atoms with van der Waals surface area (Å²) in [6, 6.07) is 12.5. The van der Waals surface area contributed by atoms with Gasteiger partial charge in [0, 0.05) is 34.5 Å². The number of benzene rings is 2. The van der Waals surface area contributed by atoms with Gasteiger partial charge in [-0.3, -0.25) is 4.79 Å². The van der Waals surface area contributed by atoms with Crippen LogP contribution in [0.1, 0.15) is 15.9 Å². The molecule has 0 atom stereocenters. The van der Waals surface area contributed by atoms with E-state index in [9.17, 15) is 13.6 Å². The first-order chi connectivity index (χ1) is 11.5. The van der Waals surface area contributed by atoms with Crippen LogP contribution in [-0.2, 0) is 0 Å². The van der Waals surface area contributed by atoms with Gasteiger partial charge in [0.05, 0.1) is 5.69 Å². The van der Waals surface area contributed by atoms with Gasteiger partial charge in [0.2, 0.25) is 0 Å². The molecule has 0 aliphatic carbocycles. The molecule has 0 spiro atoms. The van der Waals surface area contributed by atoms with E-state index in [0.29, 0.717) is 21.7 Å². The zero-order valence-corrected chi connectivity index (χ0v) is 14.0. The highest BCUT2D eigenvalue weighted by Gasteiger charge is 2.16. The summed E-state index contributed by atoms with van der Waals surface area (Å²) in [5.41, 5.74) is 2.66. The molecule has 2 aromatic carbocycles. The first kappa shape index (κ1) is 16.3. The largest absolute Gasteiger partial charge is 0.311 e. The summed E-state index contributed by atoms with van der Waals surface area (Å²) in [6.45, 7) is 1.96. The van der Waals surface area contributed by atoms with E-state index in [4.69, 9.17) is 0 Å². The van der Waals surface area contributed by atoms with Gasteiger partial charge in [-0.25, -0.2) is 8.78 Å². The maximum atomic E-state index is 13.9. The van der Waals surface area contributed by atoms with Gasteiger partial charge in [0.25, 0.3) is 5.91 Å². The molecule has 1 amide bonds. The molecule has 2 nitrogen and oxygen atoms in total. The van der Waals surface area contributed by atoms with Gasteiger partial charge in [-0.2, -0.15) is 0 Å². The number of carbonyl (C=O) groups is 1. The Morgan fingerprint density at radius 1 is 1.04 bits per heavy atom. The third-order valence-electron chi connectivity index (χ3n) is 3.77. The molecule has 0 radical (unpaired) electrons. The van der Waals surface area contributed by atoms with E-state index >= 15 is 0 Å². The van der Waals surface area contributed by atoms with E-state index in [-0.39, 0.29) is 5.91 Å². The van der Waals surface area contributed by atoms with Crippen LogP contribution in [-0.4, -0.2) is 13.0 Å². The number of halogens is 2. The van der Waals surface area contributed by atoms with Gasteiger partial charge in [0.15, 0.2) is 0 Å². The van der Waals surface area contributed by atoms with Crippen LogP contribution in [0.3, 0.4) is 0 Å². The molecule has 0 N–H and O–H groups in total. The topological polar surface area (TPSA) is 20.3 Å². The molecule has 0 fully saturated rings. The third-order valence-corrected chi connectivity index (χ3v) is 4.72. The molecule has 0 unspecified atom stereocenters. The summed E-state index contributed by atoms with van der Waals surface area (Å²) >= 11 is 1.31. The SMILES string of the molecule is Cc1ccc(C(=O)N(C)c2csc(-c3ccc(F)cc3F)c2)cc1. The highest BCUT2D eigenvalue weighted by Crippen LogP contribution is 2.33. The maximum absolute atomic E-state index is 13.9. The molecule has 3 rings (SSSR count). The number of rotatable bonds is 3. The maximum Gasteiger partial charge on any atom is 0.258 e. The van der Waals surface area contributed by atoms with Crippen molar-refractivity contribution in [2.75, 3.05) is 11.9 Å². The highest BCUT2D eigenvalue weighted by molar-refractivity contribution is 7.14. The average molecular weight is 343 g/mol. The number of carbonyl (C=O) groups excluding carboxylic acids is 1. The van der Waals surface area contributed by atoms with Crippen molar-refractivity contribution in [3.63, 3.8) is 0 Å². The summed E-state index contributed by atoms with van der Waals surface area (Å²) in [5.74, 6) is -1.37. The quantitative estimate of drug-likeness (QED) is 0.634. The fourth-order valence-electron chi connectivity index (χ4n) is 2.34. The molecule has 0 aliphatic rings. The van der Waals surface area contributed by atoms with Crippen LogP contribution in [0.25, 0.3) is 10.4 Å². The van der Waals surface area contributed by atoms with Crippen molar-refractivity contribution in [3.8, 4) is 10.4 Å². The molecule has 0 saturated carbocycles. The van der Waals surface area contributed by atoms with Crippen molar-refractivity contribution in [2.24, 2.45) is 0 Å². The standard InChI is InChI=1S/C19H15F2NOS/c1-12-3-5-13(6-4-12)19(23)22(2)15-10-18(24-11-15)16-8-7-14(20)9-17(16)21/h3-11H,1-2H3. The molecule has 24 heavy (non-hydrogen) atoms. The van der Waals surface area contributed by atoms with Crippen LogP contribution in [0.5, 0.6) is 0 Å². The molecule has 1 aromatic heterocycles. The monoisotopic (exact) mass is 343 g/mol. The molecular weight excluding hydrogens is 328 g/mol. The Balaban J connectivity index is 1.87. The van der Waals surface area contributed by atoms with Crippen molar-refractivity contribution >= 4 is 22.9 Å². The first-order valence-electron chi connectivity index (χ1n) is 7.34. The Morgan fingerprint density at radius 3 is 2.42 bits per heavy atom. The number of anilines is 1. The first-order valence-corrected chi connectivity index (χ1v) is 8.22. The van der Waals surface area contributed by atoms with Crippen LogP contribution in [0, 0.1) is 18.6 Å². The normalized spacial score (nSPS) is 10.7. The molecule has 0 saturated heterocycles. The van der Waals surface area contributed by atoms with Crippen LogP contribution < -0.4 is 4.90 Å². The summed E-state index contributed by atoms with van der Waals surface area (Å²) in [5, 5.41) is 1.78. The van der Waals surface area contributed by atoms with E-state index < -0.39 is 11.6 Å². The lowest BCUT2D eigenvalue weighted by Crippen LogP contribution is -2.25. The van der Waals surface area contributed by atoms with E-state index in [0.717, 1.165) is 11.6 Å². The second-order valence-electron chi connectivity index (χ2n) is 5.52. The predicted octanol–water partition coefficient (Wildman–Crippen LogP) is 5.28. The van der Waals surface area contributed by atoms with Crippen LogP contribution in [0.4, 0.5) is 14.5 Å². The number of aryl methyl sites for hydroxylation is 1. The minimum Gasteiger partial charge on any atom is -0.311 e. The lowest BCUT2D eigenvalue weighted by Gasteiger charge is -2.15. The van der Waals surface area contributed by atoms with Crippen molar-refractivity contribution in [1.82, 2.24) is 0 Å². The molecule has 0 aliphatic heterocycles. The smallest absolute Gasteiger partial charge is 0.258 e. The minimum atomic E-state index is -0.615. The number of hydrogen-bond donors (Lipinski definition) is 0. The van der Waals surface area contributed by atoms with Crippen LogP contribution >= 0.6 is 11.3 Å². The molecule has 3 aromatic rings. The Hall–Kier alpha value is -2.53. The number of thiophene rings is 1.